The van der Waals surface area contributed by atoms with Gasteiger partial charge in [-0.25, -0.2) is 0 Å². The summed E-state index contributed by atoms with van der Waals surface area (Å²) < 4.78 is 12.4. The molecule has 0 aromatic heterocycles. The van der Waals surface area contributed by atoms with Crippen molar-refractivity contribution in [2.24, 2.45) is 0 Å². The van der Waals surface area contributed by atoms with E-state index < -0.39 is 0 Å². The van der Waals surface area contributed by atoms with Gasteiger partial charge in [-0.1, -0.05) is 11.6 Å². The minimum Gasteiger partial charge on any atom is -0.496 e. The minimum atomic E-state index is 0.401. The van der Waals surface area contributed by atoms with E-state index in [4.69, 9.17) is 26.3 Å². The van der Waals surface area contributed by atoms with E-state index in [2.05, 4.69) is 37.9 Å². The van der Waals surface area contributed by atoms with Crippen molar-refractivity contribution in [3.8, 4) is 23.3 Å². The molecule has 0 N–H and O–H groups in total. The molecule has 0 radical (unpaired) electrons. The van der Waals surface area contributed by atoms with E-state index in [1.165, 1.54) is 0 Å². The molecule has 0 aliphatic heterocycles. The highest BCUT2D eigenvalue weighted by Gasteiger charge is 2.12. The summed E-state index contributed by atoms with van der Waals surface area (Å²) in [7, 11) is 1.58. The summed E-state index contributed by atoms with van der Waals surface area (Å²) in [5.41, 5.74) is 0.410. The van der Waals surface area contributed by atoms with Gasteiger partial charge in [0.05, 0.1) is 21.6 Å². The molecule has 0 spiro atoms. The largest absolute Gasteiger partial charge is 0.496 e. The van der Waals surface area contributed by atoms with Gasteiger partial charge in [-0.3, -0.25) is 0 Å². The molecular weight excluding hydrogens is 409 g/mol. The Bertz CT molecular complexity index is 698. The summed E-state index contributed by atoms with van der Waals surface area (Å²) in [5, 5.41) is 9.58. The van der Waals surface area contributed by atoms with Gasteiger partial charge in [0.15, 0.2) is 0 Å². The molecule has 2 aromatic rings. The predicted octanol–water partition coefficient (Wildman–Crippen LogP) is 5.54. The number of ether oxygens (including phenoxy) is 2. The average Bonchev–Trinajstić information content (AvgIpc) is 2.42. The maximum Gasteiger partial charge on any atom is 0.146 e. The number of hydrogen-bond acceptors (Lipinski definition) is 3. The lowest BCUT2D eigenvalue weighted by Crippen LogP contribution is -1.91. The van der Waals surface area contributed by atoms with Crippen LogP contribution in [0.2, 0.25) is 5.02 Å². The Balaban J connectivity index is 2.43. The molecule has 0 fully saturated rings. The second kappa shape index (κ2) is 6.49. The van der Waals surface area contributed by atoms with E-state index in [0.717, 1.165) is 4.47 Å². The normalized spacial score (nSPS) is 9.95. The number of nitriles is 1. The Labute approximate surface area is 138 Å². The lowest BCUT2D eigenvalue weighted by molar-refractivity contribution is 0.409. The number of rotatable bonds is 3. The van der Waals surface area contributed by atoms with Crippen molar-refractivity contribution in [1.82, 2.24) is 0 Å². The molecule has 0 aliphatic rings. The lowest BCUT2D eigenvalue weighted by Gasteiger charge is -2.12. The molecule has 0 unspecified atom stereocenters. The molecule has 0 atom stereocenters. The third-order valence-corrected chi connectivity index (χ3v) is 3.96. The topological polar surface area (TPSA) is 42.2 Å². The van der Waals surface area contributed by atoms with Gasteiger partial charge in [0.1, 0.15) is 23.3 Å². The van der Waals surface area contributed by atoms with E-state index in [1.54, 1.807) is 37.4 Å². The minimum absolute atomic E-state index is 0.401. The number of hydrogen-bond donors (Lipinski definition) is 0. The fourth-order valence-electron chi connectivity index (χ4n) is 1.54. The van der Waals surface area contributed by atoms with E-state index in [9.17, 15) is 0 Å². The summed E-state index contributed by atoms with van der Waals surface area (Å²) in [6, 6.07) is 10.5. The van der Waals surface area contributed by atoms with Crippen LogP contribution in [0.1, 0.15) is 5.56 Å². The van der Waals surface area contributed by atoms with Crippen LogP contribution < -0.4 is 9.47 Å². The number of methoxy groups -OCH3 is 1. The molecule has 0 aliphatic carbocycles. The highest BCUT2D eigenvalue weighted by Crippen LogP contribution is 2.39. The summed E-state index contributed by atoms with van der Waals surface area (Å²) in [6.45, 7) is 0. The zero-order chi connectivity index (χ0) is 14.7. The van der Waals surface area contributed by atoms with E-state index >= 15 is 0 Å². The van der Waals surface area contributed by atoms with E-state index in [-0.39, 0.29) is 0 Å². The van der Waals surface area contributed by atoms with Gasteiger partial charge in [-0.15, -0.1) is 0 Å². The van der Waals surface area contributed by atoms with Crippen LogP contribution in [0.4, 0.5) is 0 Å². The molecule has 0 saturated carbocycles. The highest BCUT2D eigenvalue weighted by atomic mass is 79.9. The quantitative estimate of drug-likeness (QED) is 0.659. The summed E-state index contributed by atoms with van der Waals surface area (Å²) >= 11 is 12.7. The molecule has 0 bridgehead atoms. The van der Waals surface area contributed by atoms with Gasteiger partial charge in [-0.05, 0) is 56.1 Å². The summed E-state index contributed by atoms with van der Waals surface area (Å²) in [4.78, 5) is 0. The Morgan fingerprint density at radius 2 is 1.70 bits per heavy atom. The fraction of sp³-hybridized carbons (Fsp3) is 0.0714. The average molecular weight is 417 g/mol. The van der Waals surface area contributed by atoms with Gasteiger partial charge in [0.2, 0.25) is 0 Å². The molecular formula is C14H8Br2ClNO2. The van der Waals surface area contributed by atoms with Crippen LogP contribution in [0, 0.1) is 11.3 Å². The maximum absolute atomic E-state index is 9.08. The van der Waals surface area contributed by atoms with Gasteiger partial charge in [-0.2, -0.15) is 5.26 Å². The molecule has 2 aromatic carbocycles. The first-order valence-electron chi connectivity index (χ1n) is 5.45. The van der Waals surface area contributed by atoms with Crippen molar-refractivity contribution < 1.29 is 9.47 Å². The van der Waals surface area contributed by atoms with Crippen molar-refractivity contribution in [3.05, 3.63) is 49.9 Å². The summed E-state index contributed by atoms with van der Waals surface area (Å²) in [6.07, 6.45) is 0. The van der Waals surface area contributed by atoms with Crippen LogP contribution in [-0.4, -0.2) is 7.11 Å². The highest BCUT2D eigenvalue weighted by molar-refractivity contribution is 9.11. The molecule has 3 nitrogen and oxygen atoms in total. The van der Waals surface area contributed by atoms with Crippen molar-refractivity contribution in [3.63, 3.8) is 0 Å². The van der Waals surface area contributed by atoms with Crippen LogP contribution in [0.3, 0.4) is 0 Å². The second-order valence-electron chi connectivity index (χ2n) is 3.77. The molecule has 0 heterocycles. The molecule has 20 heavy (non-hydrogen) atoms. The standard InChI is InChI=1S/C14H8Br2ClNO2/c1-19-13-5-11(16)14(6-10(13)15)20-12-4-9(17)3-2-8(12)7-18/h2-6H,1H3. The van der Waals surface area contributed by atoms with Crippen molar-refractivity contribution in [1.29, 1.82) is 5.26 Å². The Hall–Kier alpha value is -1.22. The van der Waals surface area contributed by atoms with Gasteiger partial charge < -0.3 is 9.47 Å². The first-order chi connectivity index (χ1) is 9.55. The van der Waals surface area contributed by atoms with Crippen LogP contribution in [0.15, 0.2) is 39.3 Å². The van der Waals surface area contributed by atoms with E-state index in [1.807, 2.05) is 0 Å². The zero-order valence-electron chi connectivity index (χ0n) is 10.3. The fourth-order valence-corrected chi connectivity index (χ4v) is 2.59. The predicted molar refractivity (Wildman–Crippen MR) is 84.6 cm³/mol. The third-order valence-electron chi connectivity index (χ3n) is 2.49. The summed E-state index contributed by atoms with van der Waals surface area (Å²) in [5.74, 6) is 1.63. The maximum atomic E-state index is 9.08. The molecule has 6 heteroatoms. The smallest absolute Gasteiger partial charge is 0.146 e. The van der Waals surface area contributed by atoms with Crippen molar-refractivity contribution in [2.75, 3.05) is 7.11 Å². The Morgan fingerprint density at radius 1 is 1.05 bits per heavy atom. The molecule has 0 amide bonds. The van der Waals surface area contributed by atoms with Gasteiger partial charge in [0.25, 0.3) is 0 Å². The van der Waals surface area contributed by atoms with Crippen LogP contribution >= 0.6 is 43.5 Å². The van der Waals surface area contributed by atoms with Crippen molar-refractivity contribution in [2.45, 2.75) is 0 Å². The third kappa shape index (κ3) is 3.26. The van der Waals surface area contributed by atoms with Crippen molar-refractivity contribution >= 4 is 43.5 Å². The SMILES string of the molecule is COc1cc(Br)c(Oc2cc(Cl)ccc2C#N)cc1Br. The second-order valence-corrected chi connectivity index (χ2v) is 5.92. The Kier molecular flexibility index (Phi) is 4.92. The van der Waals surface area contributed by atoms with Gasteiger partial charge >= 0.3 is 0 Å². The number of halogens is 3. The number of benzene rings is 2. The van der Waals surface area contributed by atoms with Crippen LogP contribution in [-0.2, 0) is 0 Å². The van der Waals surface area contributed by atoms with E-state index in [0.29, 0.717) is 32.3 Å². The monoisotopic (exact) mass is 415 g/mol. The Morgan fingerprint density at radius 3 is 2.35 bits per heavy atom. The molecule has 2 rings (SSSR count). The number of nitrogens with zero attached hydrogens (tertiary/aromatic N) is 1. The van der Waals surface area contributed by atoms with Crippen LogP contribution in [0.25, 0.3) is 0 Å². The van der Waals surface area contributed by atoms with Crippen LogP contribution in [0.5, 0.6) is 17.2 Å². The molecule has 102 valence electrons. The van der Waals surface area contributed by atoms with Gasteiger partial charge in [0, 0.05) is 11.1 Å². The lowest BCUT2D eigenvalue weighted by atomic mass is 10.2. The molecule has 0 saturated heterocycles. The first-order valence-corrected chi connectivity index (χ1v) is 7.42. The first kappa shape index (κ1) is 15.2. The zero-order valence-corrected chi connectivity index (χ0v) is 14.2.